The summed E-state index contributed by atoms with van der Waals surface area (Å²) in [6.45, 7) is 0.781. The fourth-order valence-corrected chi connectivity index (χ4v) is 2.05. The zero-order valence-electron chi connectivity index (χ0n) is 11.4. The van der Waals surface area contributed by atoms with Gasteiger partial charge in [-0.2, -0.15) is 5.10 Å². The van der Waals surface area contributed by atoms with Gasteiger partial charge in [0.25, 0.3) is 0 Å². The minimum atomic E-state index is -1.04. The molecule has 1 aromatic carbocycles. The van der Waals surface area contributed by atoms with Crippen LogP contribution in [0.4, 0.5) is 8.78 Å². The summed E-state index contributed by atoms with van der Waals surface area (Å²) in [5.41, 5.74) is 1.23. The lowest BCUT2D eigenvalue weighted by Gasteiger charge is -2.07. The van der Waals surface area contributed by atoms with Crippen LogP contribution in [0.25, 0.3) is 0 Å². The topological polar surface area (TPSA) is 67.2 Å². The van der Waals surface area contributed by atoms with Gasteiger partial charge in [-0.25, -0.2) is 13.6 Å². The molecule has 112 valence electrons. The van der Waals surface area contributed by atoms with Crippen molar-refractivity contribution in [2.24, 2.45) is 7.05 Å². The molecule has 2 N–H and O–H groups in total. The molecule has 0 saturated carbocycles. The monoisotopic (exact) mass is 295 g/mol. The lowest BCUT2D eigenvalue weighted by atomic mass is 10.1. The van der Waals surface area contributed by atoms with Crippen molar-refractivity contribution >= 4 is 5.97 Å². The van der Waals surface area contributed by atoms with E-state index in [0.717, 1.165) is 6.07 Å². The summed E-state index contributed by atoms with van der Waals surface area (Å²) in [5, 5.41) is 15.9. The molecule has 7 heteroatoms. The van der Waals surface area contributed by atoms with E-state index in [-0.39, 0.29) is 5.56 Å². The number of benzene rings is 1. The van der Waals surface area contributed by atoms with Crippen molar-refractivity contribution in [2.75, 3.05) is 6.54 Å². The summed E-state index contributed by atoms with van der Waals surface area (Å²) in [4.78, 5) is 11.0. The third-order valence-corrected chi connectivity index (χ3v) is 3.10. The number of carbonyl (C=O) groups is 1. The Morgan fingerprint density at radius 2 is 2.00 bits per heavy atom. The molecule has 0 amide bonds. The van der Waals surface area contributed by atoms with E-state index in [1.54, 1.807) is 7.05 Å². The molecule has 0 atom stereocenters. The predicted octanol–water partition coefficient (Wildman–Crippen LogP) is 1.73. The van der Waals surface area contributed by atoms with Gasteiger partial charge in [-0.1, -0.05) is 0 Å². The van der Waals surface area contributed by atoms with E-state index in [1.807, 2.05) is 0 Å². The van der Waals surface area contributed by atoms with Crippen molar-refractivity contribution in [2.45, 2.75) is 13.0 Å². The third kappa shape index (κ3) is 3.85. The van der Waals surface area contributed by atoms with E-state index >= 15 is 0 Å². The lowest BCUT2D eigenvalue weighted by molar-refractivity contribution is 0.0695. The number of carboxylic acids is 1. The van der Waals surface area contributed by atoms with Crippen molar-refractivity contribution in [3.05, 3.63) is 52.9 Å². The minimum absolute atomic E-state index is 0.141. The van der Waals surface area contributed by atoms with Crippen LogP contribution in [0.1, 0.15) is 21.6 Å². The molecule has 0 aliphatic heterocycles. The van der Waals surface area contributed by atoms with E-state index in [9.17, 15) is 13.6 Å². The molecule has 0 aliphatic carbocycles. The van der Waals surface area contributed by atoms with Gasteiger partial charge in [-0.3, -0.25) is 4.68 Å². The van der Waals surface area contributed by atoms with Gasteiger partial charge >= 0.3 is 5.97 Å². The van der Waals surface area contributed by atoms with Crippen LogP contribution in [0.2, 0.25) is 0 Å². The lowest BCUT2D eigenvalue weighted by Crippen LogP contribution is -2.20. The van der Waals surface area contributed by atoms with Gasteiger partial charge in [0.05, 0.1) is 11.9 Å². The van der Waals surface area contributed by atoms with E-state index in [4.69, 9.17) is 5.11 Å². The molecule has 0 radical (unpaired) electrons. The van der Waals surface area contributed by atoms with Crippen molar-refractivity contribution in [3.8, 4) is 0 Å². The molecule has 1 aromatic heterocycles. The van der Waals surface area contributed by atoms with Gasteiger partial charge in [-0.05, 0) is 30.7 Å². The second-order valence-electron chi connectivity index (χ2n) is 4.64. The van der Waals surface area contributed by atoms with Crippen LogP contribution in [-0.2, 0) is 20.0 Å². The molecular formula is C14H15F2N3O2. The maximum Gasteiger partial charge on any atom is 0.339 e. The number of aryl methyl sites for hydroxylation is 1. The Hall–Kier alpha value is -2.28. The summed E-state index contributed by atoms with van der Waals surface area (Å²) in [6.07, 6.45) is 1.73. The molecule has 2 aromatic rings. The van der Waals surface area contributed by atoms with Crippen molar-refractivity contribution < 1.29 is 18.7 Å². The first kappa shape index (κ1) is 15.1. The summed E-state index contributed by atoms with van der Waals surface area (Å²) in [5.74, 6) is -2.25. The molecule has 0 fully saturated rings. The normalized spacial score (nSPS) is 10.8. The Bertz CT molecular complexity index is 635. The second-order valence-corrected chi connectivity index (χ2v) is 4.64. The SMILES string of the molecule is Cn1ncc(C(=O)O)c1CNCCc1cc(F)cc(F)c1. The van der Waals surface area contributed by atoms with Crippen molar-refractivity contribution in [1.29, 1.82) is 0 Å². The average molecular weight is 295 g/mol. The average Bonchev–Trinajstić information content (AvgIpc) is 2.75. The van der Waals surface area contributed by atoms with Gasteiger partial charge < -0.3 is 10.4 Å². The Balaban J connectivity index is 1.90. The zero-order valence-corrected chi connectivity index (χ0v) is 11.4. The largest absolute Gasteiger partial charge is 0.478 e. The van der Waals surface area contributed by atoms with Crippen LogP contribution in [0.3, 0.4) is 0 Å². The number of rotatable bonds is 6. The number of nitrogens with zero attached hydrogens (tertiary/aromatic N) is 2. The Kier molecular flexibility index (Phi) is 4.64. The maximum atomic E-state index is 13.0. The van der Waals surface area contributed by atoms with Gasteiger partial charge in [0.2, 0.25) is 0 Å². The standard InChI is InChI=1S/C14H15F2N3O2/c1-19-13(12(7-18-19)14(20)21)8-17-3-2-9-4-10(15)6-11(16)5-9/h4-7,17H,2-3,8H2,1H3,(H,20,21). The number of halogens is 2. The summed E-state index contributed by atoms with van der Waals surface area (Å²) >= 11 is 0. The van der Waals surface area contributed by atoms with Gasteiger partial charge in [-0.15, -0.1) is 0 Å². The number of hydrogen-bond donors (Lipinski definition) is 2. The molecular weight excluding hydrogens is 280 g/mol. The molecule has 0 unspecified atom stereocenters. The third-order valence-electron chi connectivity index (χ3n) is 3.10. The van der Waals surface area contributed by atoms with E-state index in [1.165, 1.54) is 23.0 Å². The van der Waals surface area contributed by atoms with Crippen LogP contribution < -0.4 is 5.32 Å². The van der Waals surface area contributed by atoms with Gasteiger partial charge in [0.1, 0.15) is 17.2 Å². The highest BCUT2D eigenvalue weighted by Gasteiger charge is 2.14. The van der Waals surface area contributed by atoms with E-state index in [0.29, 0.717) is 30.8 Å². The molecule has 0 aliphatic rings. The highest BCUT2D eigenvalue weighted by molar-refractivity contribution is 5.88. The number of hydrogen-bond acceptors (Lipinski definition) is 3. The van der Waals surface area contributed by atoms with Crippen LogP contribution in [0, 0.1) is 11.6 Å². The van der Waals surface area contributed by atoms with Crippen molar-refractivity contribution in [1.82, 2.24) is 15.1 Å². The molecule has 2 rings (SSSR count). The maximum absolute atomic E-state index is 13.0. The minimum Gasteiger partial charge on any atom is -0.478 e. The summed E-state index contributed by atoms with van der Waals surface area (Å²) in [7, 11) is 1.66. The van der Waals surface area contributed by atoms with Crippen LogP contribution in [0.5, 0.6) is 0 Å². The van der Waals surface area contributed by atoms with Crippen molar-refractivity contribution in [3.63, 3.8) is 0 Å². The number of nitrogens with one attached hydrogen (secondary N) is 1. The second kappa shape index (κ2) is 6.45. The van der Waals surface area contributed by atoms with E-state index < -0.39 is 17.6 Å². The molecule has 0 spiro atoms. The van der Waals surface area contributed by atoms with Crippen LogP contribution >= 0.6 is 0 Å². The Labute approximate surface area is 120 Å². The molecule has 0 saturated heterocycles. The quantitative estimate of drug-likeness (QED) is 0.796. The highest BCUT2D eigenvalue weighted by Crippen LogP contribution is 2.09. The Morgan fingerprint density at radius 3 is 2.62 bits per heavy atom. The number of carboxylic acid groups (broad SMARTS) is 1. The van der Waals surface area contributed by atoms with E-state index in [2.05, 4.69) is 10.4 Å². The molecule has 5 nitrogen and oxygen atoms in total. The number of aromatic carboxylic acids is 1. The van der Waals surface area contributed by atoms with Gasteiger partial charge in [0, 0.05) is 19.7 Å². The first-order valence-corrected chi connectivity index (χ1v) is 6.37. The fourth-order valence-electron chi connectivity index (χ4n) is 2.05. The molecule has 0 bridgehead atoms. The summed E-state index contributed by atoms with van der Waals surface area (Å²) in [6, 6.07) is 3.38. The smallest absolute Gasteiger partial charge is 0.339 e. The predicted molar refractivity (Wildman–Crippen MR) is 71.9 cm³/mol. The van der Waals surface area contributed by atoms with Crippen LogP contribution in [0.15, 0.2) is 24.4 Å². The van der Waals surface area contributed by atoms with Crippen LogP contribution in [-0.4, -0.2) is 27.4 Å². The fraction of sp³-hybridized carbons (Fsp3) is 0.286. The first-order chi connectivity index (χ1) is 9.97. The summed E-state index contributed by atoms with van der Waals surface area (Å²) < 4.78 is 27.5. The number of aromatic nitrogens is 2. The Morgan fingerprint density at radius 1 is 1.33 bits per heavy atom. The molecule has 21 heavy (non-hydrogen) atoms. The molecule has 1 heterocycles. The van der Waals surface area contributed by atoms with Gasteiger partial charge in [0.15, 0.2) is 0 Å². The highest BCUT2D eigenvalue weighted by atomic mass is 19.1. The zero-order chi connectivity index (χ0) is 15.4. The first-order valence-electron chi connectivity index (χ1n) is 6.37.